The first-order chi connectivity index (χ1) is 7.68. The minimum absolute atomic E-state index is 0.136. The molecule has 0 saturated heterocycles. The van der Waals surface area contributed by atoms with Crippen LogP contribution in [-0.4, -0.2) is 9.67 Å². The second kappa shape index (κ2) is 4.22. The average molecular weight is 221 g/mol. The van der Waals surface area contributed by atoms with Crippen molar-refractivity contribution in [1.82, 2.24) is 4.57 Å². The molecule has 2 rings (SSSR count). The normalized spacial score (nSPS) is 10.6. The fraction of sp³-hybridized carbons (Fsp3) is 0.273. The summed E-state index contributed by atoms with van der Waals surface area (Å²) in [6.45, 7) is 0.402. The summed E-state index contributed by atoms with van der Waals surface area (Å²) in [6, 6.07) is 5.85. The number of aromatic hydroxyl groups is 1. The molecule has 0 aliphatic heterocycles. The molecular weight excluding hydrogens is 208 g/mol. The molecule has 0 amide bonds. The quantitative estimate of drug-likeness (QED) is 0.754. The molecule has 0 fully saturated rings. The average Bonchev–Trinajstić information content (AvgIpc) is 2.58. The second-order valence-electron chi connectivity index (χ2n) is 3.56. The highest BCUT2D eigenvalue weighted by Gasteiger charge is 2.10. The maximum Gasteiger partial charge on any atom is 0.421 e. The molecule has 0 unspecified atom stereocenters. The summed E-state index contributed by atoms with van der Waals surface area (Å²) in [6.07, 6.45) is 3.64. The number of aryl methyl sites for hydroxylation is 2. The Morgan fingerprint density at radius 3 is 2.94 bits per heavy atom. The lowest BCUT2D eigenvalue weighted by atomic mass is 10.2. The van der Waals surface area contributed by atoms with Crippen LogP contribution in [0.4, 0.5) is 0 Å². The van der Waals surface area contributed by atoms with Crippen molar-refractivity contribution in [3.8, 4) is 5.88 Å². The molecule has 0 aliphatic carbocycles. The van der Waals surface area contributed by atoms with Gasteiger partial charge in [0.1, 0.15) is 7.05 Å². The van der Waals surface area contributed by atoms with Crippen molar-refractivity contribution in [2.24, 2.45) is 7.05 Å². The Bertz CT molecular complexity index is 542. The van der Waals surface area contributed by atoms with E-state index in [9.17, 15) is 9.90 Å². The van der Waals surface area contributed by atoms with Crippen molar-refractivity contribution in [2.75, 3.05) is 0 Å². The minimum atomic E-state index is -0.531. The molecule has 2 heterocycles. The maximum atomic E-state index is 11.2. The summed E-state index contributed by atoms with van der Waals surface area (Å²) in [5, 5.41) is 9.34. The Labute approximate surface area is 92.2 Å². The molecule has 16 heavy (non-hydrogen) atoms. The van der Waals surface area contributed by atoms with Crippen molar-refractivity contribution in [3.63, 3.8) is 0 Å². The number of oxazole rings is 1. The van der Waals surface area contributed by atoms with E-state index in [1.807, 2.05) is 36.0 Å². The number of aromatic nitrogens is 2. The van der Waals surface area contributed by atoms with E-state index in [1.165, 1.54) is 4.57 Å². The van der Waals surface area contributed by atoms with E-state index in [0.717, 1.165) is 12.0 Å². The predicted molar refractivity (Wildman–Crippen MR) is 56.0 cm³/mol. The van der Waals surface area contributed by atoms with Gasteiger partial charge in [-0.1, -0.05) is 6.07 Å². The van der Waals surface area contributed by atoms with Crippen molar-refractivity contribution in [3.05, 3.63) is 46.9 Å². The van der Waals surface area contributed by atoms with Crippen LogP contribution in [0.25, 0.3) is 0 Å². The highest BCUT2D eigenvalue weighted by Crippen LogP contribution is 2.05. The van der Waals surface area contributed by atoms with Crippen LogP contribution in [0.5, 0.6) is 5.88 Å². The zero-order valence-electron chi connectivity index (χ0n) is 8.96. The van der Waals surface area contributed by atoms with Crippen LogP contribution in [0.1, 0.15) is 5.69 Å². The topological polar surface area (TPSA) is 59.2 Å². The molecule has 0 bridgehead atoms. The third-order valence-electron chi connectivity index (χ3n) is 2.52. The molecule has 1 N–H and O–H groups in total. The van der Waals surface area contributed by atoms with Crippen molar-refractivity contribution >= 4 is 0 Å². The monoisotopic (exact) mass is 221 g/mol. The van der Waals surface area contributed by atoms with Gasteiger partial charge in [-0.2, -0.15) is 0 Å². The Kier molecular flexibility index (Phi) is 2.76. The number of hydrogen-bond acceptors (Lipinski definition) is 3. The Hall–Kier alpha value is -2.04. The Morgan fingerprint density at radius 2 is 2.31 bits per heavy atom. The van der Waals surface area contributed by atoms with Crippen molar-refractivity contribution < 1.29 is 14.1 Å². The first-order valence-corrected chi connectivity index (χ1v) is 4.99. The van der Waals surface area contributed by atoms with Crippen molar-refractivity contribution in [2.45, 2.75) is 13.0 Å². The Balaban J connectivity index is 2.14. The molecule has 0 atom stereocenters. The van der Waals surface area contributed by atoms with Gasteiger partial charge in [0.25, 0.3) is 0 Å². The fourth-order valence-electron chi connectivity index (χ4n) is 1.57. The number of hydrogen-bond donors (Lipinski definition) is 1. The second-order valence-corrected chi connectivity index (χ2v) is 3.56. The molecule has 0 aliphatic rings. The number of nitrogens with zero attached hydrogens (tertiary/aromatic N) is 2. The highest BCUT2D eigenvalue weighted by atomic mass is 16.4. The van der Waals surface area contributed by atoms with Gasteiger partial charge in [-0.15, -0.1) is 0 Å². The van der Waals surface area contributed by atoms with Gasteiger partial charge in [-0.25, -0.2) is 13.9 Å². The number of pyridine rings is 1. The lowest BCUT2D eigenvalue weighted by molar-refractivity contribution is -0.679. The zero-order chi connectivity index (χ0) is 11.5. The lowest BCUT2D eigenvalue weighted by Crippen LogP contribution is -2.33. The van der Waals surface area contributed by atoms with E-state index < -0.39 is 5.76 Å². The van der Waals surface area contributed by atoms with Gasteiger partial charge in [-0.3, -0.25) is 0 Å². The Morgan fingerprint density at radius 1 is 1.50 bits per heavy atom. The summed E-state index contributed by atoms with van der Waals surface area (Å²) >= 11 is 0. The lowest BCUT2D eigenvalue weighted by Gasteiger charge is -2.00. The van der Waals surface area contributed by atoms with Gasteiger partial charge < -0.3 is 9.52 Å². The molecule has 0 spiro atoms. The van der Waals surface area contributed by atoms with Crippen LogP contribution >= 0.6 is 0 Å². The van der Waals surface area contributed by atoms with E-state index >= 15 is 0 Å². The maximum absolute atomic E-state index is 11.2. The van der Waals surface area contributed by atoms with Crippen LogP contribution in [0.3, 0.4) is 0 Å². The summed E-state index contributed by atoms with van der Waals surface area (Å²) in [7, 11) is 1.94. The zero-order valence-corrected chi connectivity index (χ0v) is 8.96. The SMILES string of the molecule is C[n+]1ccccc1CCn1c(O)coc1=O. The summed E-state index contributed by atoms with van der Waals surface area (Å²) in [4.78, 5) is 11.2. The van der Waals surface area contributed by atoms with Gasteiger partial charge in [0.2, 0.25) is 5.88 Å². The summed E-state index contributed by atoms with van der Waals surface area (Å²) in [5.74, 6) is -0.667. The van der Waals surface area contributed by atoms with Crippen LogP contribution < -0.4 is 10.3 Å². The van der Waals surface area contributed by atoms with Crippen LogP contribution in [0, 0.1) is 0 Å². The van der Waals surface area contributed by atoms with Crippen LogP contribution in [0.15, 0.2) is 39.9 Å². The van der Waals surface area contributed by atoms with Gasteiger partial charge in [0.15, 0.2) is 18.2 Å². The van der Waals surface area contributed by atoms with Crippen molar-refractivity contribution in [1.29, 1.82) is 0 Å². The van der Waals surface area contributed by atoms with Gasteiger partial charge >= 0.3 is 5.76 Å². The molecule has 0 saturated carbocycles. The minimum Gasteiger partial charge on any atom is -0.492 e. The molecule has 5 heteroatoms. The molecule has 84 valence electrons. The van der Waals surface area contributed by atoms with Gasteiger partial charge in [0.05, 0.1) is 6.42 Å². The first kappa shape index (κ1) is 10.5. The predicted octanol–water partition coefficient (Wildman–Crippen LogP) is 0.214. The third-order valence-corrected chi connectivity index (χ3v) is 2.52. The van der Waals surface area contributed by atoms with E-state index in [2.05, 4.69) is 4.42 Å². The molecule has 5 nitrogen and oxygen atoms in total. The molecule has 0 aromatic carbocycles. The number of rotatable bonds is 3. The standard InChI is InChI=1S/C11H12N2O3/c1-12-6-3-2-4-9(12)5-7-13-10(14)8-16-11(13)15/h2-4,6,8H,5,7H2,1H3/p+1. The third kappa shape index (κ3) is 1.98. The first-order valence-electron chi connectivity index (χ1n) is 4.99. The summed E-state index contributed by atoms with van der Waals surface area (Å²) in [5.41, 5.74) is 1.08. The smallest absolute Gasteiger partial charge is 0.421 e. The molecule has 0 radical (unpaired) electrons. The van der Waals surface area contributed by atoms with Gasteiger partial charge in [0, 0.05) is 18.7 Å². The van der Waals surface area contributed by atoms with Crippen LogP contribution in [-0.2, 0) is 20.0 Å². The molecule has 2 aromatic heterocycles. The fourth-order valence-corrected chi connectivity index (χ4v) is 1.57. The van der Waals surface area contributed by atoms with E-state index in [-0.39, 0.29) is 5.88 Å². The highest BCUT2D eigenvalue weighted by molar-refractivity contribution is 5.01. The molecular formula is C11H13N2O3+. The van der Waals surface area contributed by atoms with Gasteiger partial charge in [-0.05, 0) is 0 Å². The van der Waals surface area contributed by atoms with E-state index in [1.54, 1.807) is 0 Å². The van der Waals surface area contributed by atoms with E-state index in [0.29, 0.717) is 13.0 Å². The largest absolute Gasteiger partial charge is 0.492 e. The molecule has 2 aromatic rings. The van der Waals surface area contributed by atoms with Crippen LogP contribution in [0.2, 0.25) is 0 Å². The van der Waals surface area contributed by atoms with E-state index in [4.69, 9.17) is 0 Å². The summed E-state index contributed by atoms with van der Waals surface area (Å²) < 4.78 is 7.74.